The van der Waals surface area contributed by atoms with Crippen molar-refractivity contribution in [3.05, 3.63) is 45.8 Å². The Bertz CT molecular complexity index is 849. The second kappa shape index (κ2) is 7.21. The summed E-state index contributed by atoms with van der Waals surface area (Å²) in [6.07, 6.45) is 2.41. The van der Waals surface area contributed by atoms with Gasteiger partial charge in [-0.2, -0.15) is 0 Å². The standard InChI is InChI=1S/C20H24N2O3S/c1-20(2,3)25-19(24)17-14-9-10-22(4)12-16(14)26-18(17)21-11-13-7-5-6-8-15(13)23/h5-8,11,23H,9-10,12H2,1-4H3/b21-11-. The van der Waals surface area contributed by atoms with E-state index in [1.165, 1.54) is 11.3 Å². The molecule has 0 bridgehead atoms. The van der Waals surface area contributed by atoms with Gasteiger partial charge in [0, 0.05) is 29.7 Å². The summed E-state index contributed by atoms with van der Waals surface area (Å²) >= 11 is 1.52. The number of para-hydroxylation sites is 1. The van der Waals surface area contributed by atoms with Gasteiger partial charge in [-0.05, 0) is 51.9 Å². The van der Waals surface area contributed by atoms with Crippen LogP contribution in [0.1, 0.15) is 47.1 Å². The number of rotatable bonds is 3. The minimum Gasteiger partial charge on any atom is -0.507 e. The number of phenolic OH excluding ortho intramolecular Hbond substituents is 1. The molecule has 3 rings (SSSR count). The molecule has 0 amide bonds. The molecule has 1 aromatic carbocycles. The summed E-state index contributed by atoms with van der Waals surface area (Å²) in [5.74, 6) is -0.167. The molecule has 1 aromatic heterocycles. The predicted molar refractivity (Wildman–Crippen MR) is 105 cm³/mol. The summed E-state index contributed by atoms with van der Waals surface area (Å²) in [6, 6.07) is 7.00. The highest BCUT2D eigenvalue weighted by atomic mass is 32.1. The van der Waals surface area contributed by atoms with Crippen molar-refractivity contribution in [1.29, 1.82) is 0 Å². The number of nitrogens with zero attached hydrogens (tertiary/aromatic N) is 2. The molecule has 0 atom stereocenters. The Kier molecular flexibility index (Phi) is 5.16. The van der Waals surface area contributed by atoms with E-state index in [0.29, 0.717) is 16.1 Å². The Hall–Kier alpha value is -2.18. The first kappa shape index (κ1) is 18.6. The van der Waals surface area contributed by atoms with Crippen molar-refractivity contribution in [3.63, 3.8) is 0 Å². The van der Waals surface area contributed by atoms with Crippen LogP contribution in [0, 0.1) is 0 Å². The molecular weight excluding hydrogens is 348 g/mol. The highest BCUT2D eigenvalue weighted by molar-refractivity contribution is 7.16. The zero-order valence-corrected chi connectivity index (χ0v) is 16.4. The molecular formula is C20H24N2O3S. The number of benzene rings is 1. The van der Waals surface area contributed by atoms with Crippen LogP contribution in [-0.4, -0.2) is 41.4 Å². The number of hydrogen-bond acceptors (Lipinski definition) is 6. The number of fused-ring (bicyclic) bond motifs is 1. The van der Waals surface area contributed by atoms with Gasteiger partial charge in [-0.3, -0.25) is 0 Å². The Morgan fingerprint density at radius 2 is 2.08 bits per heavy atom. The summed E-state index contributed by atoms with van der Waals surface area (Å²) in [4.78, 5) is 20.7. The van der Waals surface area contributed by atoms with Crippen LogP contribution < -0.4 is 0 Å². The summed E-state index contributed by atoms with van der Waals surface area (Å²) < 4.78 is 5.62. The molecule has 0 spiro atoms. The lowest BCUT2D eigenvalue weighted by molar-refractivity contribution is 0.00694. The van der Waals surface area contributed by atoms with Gasteiger partial charge >= 0.3 is 5.97 Å². The Balaban J connectivity index is 2.01. The van der Waals surface area contributed by atoms with Gasteiger partial charge in [0.2, 0.25) is 0 Å². The molecule has 2 heterocycles. The maximum Gasteiger partial charge on any atom is 0.342 e. The van der Waals surface area contributed by atoms with Crippen LogP contribution >= 0.6 is 11.3 Å². The monoisotopic (exact) mass is 372 g/mol. The number of aliphatic imine (C=N–C) groups is 1. The first-order chi connectivity index (χ1) is 12.2. The molecule has 0 unspecified atom stereocenters. The van der Waals surface area contributed by atoms with Crippen molar-refractivity contribution < 1.29 is 14.6 Å². The molecule has 6 heteroatoms. The topological polar surface area (TPSA) is 62.1 Å². The van der Waals surface area contributed by atoms with E-state index in [1.54, 1.807) is 24.4 Å². The van der Waals surface area contributed by atoms with E-state index in [-0.39, 0.29) is 11.7 Å². The average Bonchev–Trinajstić information content (AvgIpc) is 2.90. The highest BCUT2D eigenvalue weighted by Crippen LogP contribution is 2.39. The second-order valence-electron chi connectivity index (χ2n) is 7.49. The van der Waals surface area contributed by atoms with Crippen molar-refractivity contribution in [3.8, 4) is 5.75 Å². The Morgan fingerprint density at radius 1 is 1.35 bits per heavy atom. The third-order valence-electron chi connectivity index (χ3n) is 4.09. The smallest absolute Gasteiger partial charge is 0.342 e. The lowest BCUT2D eigenvalue weighted by Gasteiger charge is -2.23. The quantitative estimate of drug-likeness (QED) is 0.649. The molecule has 5 nitrogen and oxygen atoms in total. The van der Waals surface area contributed by atoms with E-state index in [2.05, 4.69) is 16.9 Å². The van der Waals surface area contributed by atoms with E-state index in [4.69, 9.17) is 4.74 Å². The molecule has 0 saturated carbocycles. The molecule has 138 valence electrons. The van der Waals surface area contributed by atoms with Crippen LogP contribution in [0.15, 0.2) is 29.3 Å². The summed E-state index contributed by atoms with van der Waals surface area (Å²) in [5, 5.41) is 10.6. The first-order valence-corrected chi connectivity index (χ1v) is 9.45. The van der Waals surface area contributed by atoms with Crippen LogP contribution in [-0.2, 0) is 17.7 Å². The molecule has 26 heavy (non-hydrogen) atoms. The molecule has 0 aliphatic carbocycles. The van der Waals surface area contributed by atoms with Crippen molar-refractivity contribution in [2.75, 3.05) is 13.6 Å². The number of ether oxygens (including phenoxy) is 1. The van der Waals surface area contributed by atoms with E-state index >= 15 is 0 Å². The largest absolute Gasteiger partial charge is 0.507 e. The van der Waals surface area contributed by atoms with E-state index in [1.807, 2.05) is 26.8 Å². The predicted octanol–water partition coefficient (Wildman–Crippen LogP) is 4.15. The van der Waals surface area contributed by atoms with Gasteiger partial charge in [0.25, 0.3) is 0 Å². The molecule has 1 N–H and O–H groups in total. The number of hydrogen-bond donors (Lipinski definition) is 1. The van der Waals surface area contributed by atoms with Gasteiger partial charge in [0.05, 0.1) is 5.56 Å². The zero-order valence-electron chi connectivity index (χ0n) is 15.6. The number of phenols is 1. The first-order valence-electron chi connectivity index (χ1n) is 8.63. The van der Waals surface area contributed by atoms with Crippen LogP contribution in [0.2, 0.25) is 0 Å². The summed E-state index contributed by atoms with van der Waals surface area (Å²) in [5.41, 5.74) is 1.67. The lowest BCUT2D eigenvalue weighted by atomic mass is 10.0. The Morgan fingerprint density at radius 3 is 2.77 bits per heavy atom. The SMILES string of the molecule is CN1CCc2c(sc(/N=C\c3ccccc3O)c2C(=O)OC(C)(C)C)C1. The van der Waals surface area contributed by atoms with Crippen molar-refractivity contribution in [1.82, 2.24) is 4.90 Å². The van der Waals surface area contributed by atoms with Crippen LogP contribution in [0.25, 0.3) is 0 Å². The van der Waals surface area contributed by atoms with Gasteiger partial charge in [-0.15, -0.1) is 11.3 Å². The van der Waals surface area contributed by atoms with Crippen LogP contribution in [0.5, 0.6) is 5.75 Å². The second-order valence-corrected chi connectivity index (χ2v) is 8.57. The average molecular weight is 372 g/mol. The summed E-state index contributed by atoms with van der Waals surface area (Å²) in [6.45, 7) is 7.30. The number of aromatic hydroxyl groups is 1. The van der Waals surface area contributed by atoms with E-state index < -0.39 is 5.60 Å². The van der Waals surface area contributed by atoms with Gasteiger partial charge in [-0.1, -0.05) is 12.1 Å². The van der Waals surface area contributed by atoms with Crippen molar-refractivity contribution in [2.45, 2.75) is 39.3 Å². The minimum absolute atomic E-state index is 0.163. The molecule has 2 aromatic rings. The molecule has 0 saturated heterocycles. The van der Waals surface area contributed by atoms with Crippen LogP contribution in [0.4, 0.5) is 5.00 Å². The third kappa shape index (κ3) is 4.14. The number of esters is 1. The molecule has 1 aliphatic heterocycles. The van der Waals surface area contributed by atoms with Gasteiger partial charge in [0.1, 0.15) is 16.4 Å². The summed E-state index contributed by atoms with van der Waals surface area (Å²) in [7, 11) is 2.07. The number of thiophene rings is 1. The van der Waals surface area contributed by atoms with Crippen LogP contribution in [0.3, 0.4) is 0 Å². The van der Waals surface area contributed by atoms with Crippen molar-refractivity contribution in [2.24, 2.45) is 4.99 Å². The number of likely N-dealkylation sites (N-methyl/N-ethyl adjacent to an activating group) is 1. The van der Waals surface area contributed by atoms with Crippen molar-refractivity contribution >= 4 is 28.5 Å². The lowest BCUT2D eigenvalue weighted by Crippen LogP contribution is -2.28. The van der Waals surface area contributed by atoms with E-state index in [0.717, 1.165) is 30.0 Å². The number of carbonyl (C=O) groups excluding carboxylic acids is 1. The highest BCUT2D eigenvalue weighted by Gasteiger charge is 2.29. The Labute approximate surface area is 157 Å². The molecule has 0 fully saturated rings. The normalized spacial score (nSPS) is 15.2. The maximum atomic E-state index is 12.8. The third-order valence-corrected chi connectivity index (χ3v) is 5.21. The van der Waals surface area contributed by atoms with Gasteiger partial charge in [-0.25, -0.2) is 9.79 Å². The zero-order chi connectivity index (χ0) is 18.9. The fourth-order valence-corrected chi connectivity index (χ4v) is 4.13. The minimum atomic E-state index is -0.559. The van der Waals surface area contributed by atoms with Gasteiger partial charge in [0.15, 0.2) is 0 Å². The van der Waals surface area contributed by atoms with E-state index in [9.17, 15) is 9.90 Å². The fraction of sp³-hybridized carbons (Fsp3) is 0.400. The van der Waals surface area contributed by atoms with Gasteiger partial charge < -0.3 is 14.7 Å². The maximum absolute atomic E-state index is 12.8. The number of carbonyl (C=O) groups is 1. The molecule has 1 aliphatic rings. The fourth-order valence-electron chi connectivity index (χ4n) is 2.87. The molecule has 0 radical (unpaired) electrons.